The highest BCUT2D eigenvalue weighted by molar-refractivity contribution is 5.03. The van der Waals surface area contributed by atoms with E-state index in [1.54, 1.807) is 0 Å². The Bertz CT molecular complexity index is 341. The van der Waals surface area contributed by atoms with Gasteiger partial charge in [0.25, 0.3) is 0 Å². The summed E-state index contributed by atoms with van der Waals surface area (Å²) in [4.78, 5) is 5.34. The summed E-state index contributed by atoms with van der Waals surface area (Å²) in [6.45, 7) is 14.1. The molecular weight excluding hydrogens is 258 g/mol. The highest BCUT2D eigenvalue weighted by Gasteiger charge is 2.47. The van der Waals surface area contributed by atoms with Crippen molar-refractivity contribution in [3.05, 3.63) is 0 Å². The van der Waals surface area contributed by atoms with Gasteiger partial charge in [-0.2, -0.15) is 0 Å². The molecule has 0 aromatic carbocycles. The fourth-order valence-electron chi connectivity index (χ4n) is 5.41. The van der Waals surface area contributed by atoms with Gasteiger partial charge in [0.1, 0.15) is 0 Å². The minimum absolute atomic E-state index is 0.229. The minimum Gasteiger partial charge on any atom is -0.329 e. The molecule has 1 heterocycles. The van der Waals surface area contributed by atoms with Gasteiger partial charge < -0.3 is 10.6 Å². The third-order valence-electron chi connectivity index (χ3n) is 5.80. The van der Waals surface area contributed by atoms with E-state index in [4.69, 9.17) is 5.73 Å². The number of hydrogen-bond acceptors (Lipinski definition) is 3. The quantitative estimate of drug-likeness (QED) is 0.869. The first-order valence-corrected chi connectivity index (χ1v) is 8.97. The Kier molecular flexibility index (Phi) is 5.38. The summed E-state index contributed by atoms with van der Waals surface area (Å²) >= 11 is 0. The van der Waals surface area contributed by atoms with Crippen molar-refractivity contribution in [2.24, 2.45) is 17.1 Å². The molecule has 3 heteroatoms. The standard InChI is InChI=1S/C18H37N3/c1-6-16-12-20(5)8-7-9-21(16)18(14-19)11-15(2)10-17(3,4)13-18/h15-16H,6-14,19H2,1-5H3. The van der Waals surface area contributed by atoms with E-state index in [-0.39, 0.29) is 5.54 Å². The molecule has 1 aliphatic heterocycles. The summed E-state index contributed by atoms with van der Waals surface area (Å²) in [5, 5.41) is 0. The Labute approximate surface area is 132 Å². The molecule has 124 valence electrons. The Morgan fingerprint density at radius 1 is 1.19 bits per heavy atom. The maximum absolute atomic E-state index is 6.40. The Hall–Kier alpha value is -0.120. The molecule has 0 bridgehead atoms. The highest BCUT2D eigenvalue weighted by Crippen LogP contribution is 2.47. The molecule has 3 nitrogen and oxygen atoms in total. The van der Waals surface area contributed by atoms with Gasteiger partial charge in [0.05, 0.1) is 0 Å². The van der Waals surface area contributed by atoms with Crippen LogP contribution in [0.15, 0.2) is 0 Å². The van der Waals surface area contributed by atoms with E-state index in [1.807, 2.05) is 0 Å². The summed E-state index contributed by atoms with van der Waals surface area (Å²) in [5.74, 6) is 0.788. The molecule has 21 heavy (non-hydrogen) atoms. The first-order chi connectivity index (χ1) is 9.82. The molecule has 3 unspecified atom stereocenters. The summed E-state index contributed by atoms with van der Waals surface area (Å²) < 4.78 is 0. The number of nitrogens with two attached hydrogens (primary N) is 1. The number of rotatable bonds is 3. The zero-order valence-electron chi connectivity index (χ0n) is 15.0. The van der Waals surface area contributed by atoms with Crippen LogP contribution in [0.1, 0.15) is 59.8 Å². The third kappa shape index (κ3) is 3.80. The zero-order valence-corrected chi connectivity index (χ0v) is 15.0. The molecule has 0 aromatic heterocycles. The van der Waals surface area contributed by atoms with E-state index in [9.17, 15) is 0 Å². The number of likely N-dealkylation sites (N-methyl/N-ethyl adjacent to an activating group) is 1. The van der Waals surface area contributed by atoms with Gasteiger partial charge in [-0.15, -0.1) is 0 Å². The minimum atomic E-state index is 0.229. The van der Waals surface area contributed by atoms with Crippen molar-refractivity contribution in [3.63, 3.8) is 0 Å². The Morgan fingerprint density at radius 2 is 1.90 bits per heavy atom. The van der Waals surface area contributed by atoms with E-state index in [2.05, 4.69) is 44.5 Å². The molecule has 0 aromatic rings. The van der Waals surface area contributed by atoms with E-state index in [0.717, 1.165) is 12.5 Å². The van der Waals surface area contributed by atoms with E-state index in [0.29, 0.717) is 11.5 Å². The van der Waals surface area contributed by atoms with Crippen LogP contribution in [0.4, 0.5) is 0 Å². The average Bonchev–Trinajstić information content (AvgIpc) is 2.57. The van der Waals surface area contributed by atoms with Gasteiger partial charge >= 0.3 is 0 Å². The normalized spacial score (nSPS) is 39.1. The maximum atomic E-state index is 6.40. The fraction of sp³-hybridized carbons (Fsp3) is 1.00. The summed E-state index contributed by atoms with van der Waals surface area (Å²) in [6, 6.07) is 0.669. The Morgan fingerprint density at radius 3 is 2.48 bits per heavy atom. The van der Waals surface area contributed by atoms with Crippen LogP contribution in [0.25, 0.3) is 0 Å². The Balaban J connectivity index is 2.28. The van der Waals surface area contributed by atoms with Gasteiger partial charge in [0.15, 0.2) is 0 Å². The van der Waals surface area contributed by atoms with Crippen LogP contribution in [0.3, 0.4) is 0 Å². The van der Waals surface area contributed by atoms with Gasteiger partial charge in [0.2, 0.25) is 0 Å². The lowest BCUT2D eigenvalue weighted by Crippen LogP contribution is -2.62. The number of hydrogen-bond donors (Lipinski definition) is 1. The highest BCUT2D eigenvalue weighted by atomic mass is 15.3. The first-order valence-electron chi connectivity index (χ1n) is 8.97. The maximum Gasteiger partial charge on any atom is 0.0342 e. The van der Waals surface area contributed by atoms with Crippen LogP contribution in [0, 0.1) is 11.3 Å². The molecule has 1 saturated carbocycles. The fourth-order valence-corrected chi connectivity index (χ4v) is 5.41. The van der Waals surface area contributed by atoms with Crippen LogP contribution < -0.4 is 5.73 Å². The van der Waals surface area contributed by atoms with Crippen LogP contribution in [-0.2, 0) is 0 Å². The van der Waals surface area contributed by atoms with E-state index >= 15 is 0 Å². The predicted octanol–water partition coefficient (Wildman–Crippen LogP) is 2.95. The molecule has 2 rings (SSSR count). The molecule has 3 atom stereocenters. The molecular formula is C18H37N3. The van der Waals surface area contributed by atoms with E-state index < -0.39 is 0 Å². The van der Waals surface area contributed by atoms with Crippen LogP contribution in [-0.4, -0.2) is 54.6 Å². The largest absolute Gasteiger partial charge is 0.329 e. The van der Waals surface area contributed by atoms with Crippen LogP contribution >= 0.6 is 0 Å². The van der Waals surface area contributed by atoms with Gasteiger partial charge in [0, 0.05) is 31.2 Å². The second kappa shape index (κ2) is 6.55. The molecule has 0 radical (unpaired) electrons. The molecule has 1 saturated heterocycles. The van der Waals surface area contributed by atoms with Crippen LogP contribution in [0.5, 0.6) is 0 Å². The SMILES string of the molecule is CCC1CN(C)CCCN1C1(CN)CC(C)CC(C)(C)C1. The van der Waals surface area contributed by atoms with Crippen molar-refractivity contribution in [2.75, 3.05) is 33.2 Å². The summed E-state index contributed by atoms with van der Waals surface area (Å²) in [6.07, 6.45) is 6.41. The third-order valence-corrected chi connectivity index (χ3v) is 5.80. The lowest BCUT2D eigenvalue weighted by molar-refractivity contribution is -0.0354. The average molecular weight is 296 g/mol. The second-order valence-corrected chi connectivity index (χ2v) is 8.65. The van der Waals surface area contributed by atoms with E-state index in [1.165, 1.54) is 51.7 Å². The zero-order chi connectivity index (χ0) is 15.7. The summed E-state index contributed by atoms with van der Waals surface area (Å²) in [5.41, 5.74) is 7.05. The topological polar surface area (TPSA) is 32.5 Å². The molecule has 2 N–H and O–H groups in total. The lowest BCUT2D eigenvalue weighted by atomic mass is 9.63. The molecule has 0 spiro atoms. The van der Waals surface area contributed by atoms with Gasteiger partial charge in [-0.1, -0.05) is 27.7 Å². The molecule has 2 fully saturated rings. The van der Waals surface area contributed by atoms with Gasteiger partial charge in [-0.05, 0) is 57.0 Å². The smallest absolute Gasteiger partial charge is 0.0342 e. The second-order valence-electron chi connectivity index (χ2n) is 8.65. The van der Waals surface area contributed by atoms with Gasteiger partial charge in [-0.25, -0.2) is 0 Å². The van der Waals surface area contributed by atoms with Crippen molar-refractivity contribution in [1.29, 1.82) is 0 Å². The molecule has 1 aliphatic carbocycles. The van der Waals surface area contributed by atoms with Crippen molar-refractivity contribution < 1.29 is 0 Å². The molecule has 0 amide bonds. The first kappa shape index (κ1) is 17.2. The van der Waals surface area contributed by atoms with Crippen molar-refractivity contribution in [1.82, 2.24) is 9.80 Å². The van der Waals surface area contributed by atoms with Crippen molar-refractivity contribution in [3.8, 4) is 0 Å². The predicted molar refractivity (Wildman–Crippen MR) is 91.5 cm³/mol. The monoisotopic (exact) mass is 295 g/mol. The van der Waals surface area contributed by atoms with Crippen molar-refractivity contribution in [2.45, 2.75) is 71.4 Å². The van der Waals surface area contributed by atoms with Crippen LogP contribution in [0.2, 0.25) is 0 Å². The summed E-state index contributed by atoms with van der Waals surface area (Å²) in [7, 11) is 2.27. The molecule has 2 aliphatic rings. The van der Waals surface area contributed by atoms with Crippen molar-refractivity contribution >= 4 is 0 Å². The van der Waals surface area contributed by atoms with Gasteiger partial charge in [-0.3, -0.25) is 4.90 Å². The lowest BCUT2D eigenvalue weighted by Gasteiger charge is -2.55. The number of nitrogens with zero attached hydrogens (tertiary/aromatic N) is 2.